The van der Waals surface area contributed by atoms with Crippen molar-refractivity contribution >= 4 is 17.6 Å². The first kappa shape index (κ1) is 15.4. The molecule has 0 unspecified atom stereocenters. The monoisotopic (exact) mass is 266 g/mol. The Morgan fingerprint density at radius 1 is 1.00 bits per heavy atom. The zero-order valence-corrected chi connectivity index (χ0v) is 13.0. The second-order valence-corrected chi connectivity index (χ2v) is 5.52. The highest BCUT2D eigenvalue weighted by atomic mass is 32.2. The van der Waals surface area contributed by atoms with Crippen molar-refractivity contribution in [1.29, 1.82) is 0 Å². The van der Waals surface area contributed by atoms with E-state index in [1.807, 2.05) is 25.8 Å². The number of hydrogen-bond donors (Lipinski definition) is 0. The van der Waals surface area contributed by atoms with Crippen LogP contribution in [0.25, 0.3) is 0 Å². The molecule has 1 saturated heterocycles. The summed E-state index contributed by atoms with van der Waals surface area (Å²) in [5.41, 5.74) is 2.70. The molecule has 2 rings (SSSR count). The lowest BCUT2D eigenvalue weighted by Crippen LogP contribution is -2.43. The first-order valence-electron chi connectivity index (χ1n) is 6.99. The standard InChI is InChI=1S/C13H20N2S.C2H6/c1-3-16-15-10-8-14(9-11-15)13-6-4-12(2)5-7-13;1-2/h4-7H,3,8-11H2,1-2H3;1-2H3. The van der Waals surface area contributed by atoms with Gasteiger partial charge in [-0.2, -0.15) is 0 Å². The first-order chi connectivity index (χ1) is 8.79. The third-order valence-electron chi connectivity index (χ3n) is 2.95. The SMILES string of the molecule is CC.CCSN1CCN(c2ccc(C)cc2)CC1. The van der Waals surface area contributed by atoms with Gasteiger partial charge in [-0.15, -0.1) is 0 Å². The average Bonchev–Trinajstić information content (AvgIpc) is 2.43. The van der Waals surface area contributed by atoms with Gasteiger partial charge in [-0.05, 0) is 19.1 Å². The van der Waals surface area contributed by atoms with Crippen LogP contribution in [0.5, 0.6) is 0 Å². The highest BCUT2D eigenvalue weighted by molar-refractivity contribution is 7.96. The lowest BCUT2D eigenvalue weighted by Gasteiger charge is -2.35. The van der Waals surface area contributed by atoms with E-state index in [0.717, 1.165) is 13.1 Å². The largest absolute Gasteiger partial charge is 0.369 e. The van der Waals surface area contributed by atoms with Crippen LogP contribution >= 0.6 is 11.9 Å². The van der Waals surface area contributed by atoms with E-state index in [9.17, 15) is 0 Å². The molecule has 18 heavy (non-hydrogen) atoms. The predicted octanol–water partition coefficient (Wildman–Crippen LogP) is 3.81. The lowest BCUT2D eigenvalue weighted by molar-refractivity contribution is 0.430. The number of nitrogens with zero attached hydrogens (tertiary/aromatic N) is 2. The van der Waals surface area contributed by atoms with Gasteiger partial charge in [0.15, 0.2) is 0 Å². The van der Waals surface area contributed by atoms with Crippen LogP contribution in [0.4, 0.5) is 5.69 Å². The molecule has 1 fully saturated rings. The molecule has 0 radical (unpaired) electrons. The van der Waals surface area contributed by atoms with Crippen LogP contribution in [-0.2, 0) is 0 Å². The molecule has 0 N–H and O–H groups in total. The normalized spacial score (nSPS) is 16.1. The van der Waals surface area contributed by atoms with Crippen LogP contribution in [-0.4, -0.2) is 36.2 Å². The fraction of sp³-hybridized carbons (Fsp3) is 0.600. The number of rotatable bonds is 3. The van der Waals surface area contributed by atoms with Gasteiger partial charge >= 0.3 is 0 Å². The van der Waals surface area contributed by atoms with Crippen molar-refractivity contribution < 1.29 is 0 Å². The Hall–Kier alpha value is -0.670. The number of piperazine rings is 1. The van der Waals surface area contributed by atoms with Crippen LogP contribution in [0.2, 0.25) is 0 Å². The Morgan fingerprint density at radius 2 is 1.56 bits per heavy atom. The molecule has 0 bridgehead atoms. The molecule has 2 nitrogen and oxygen atoms in total. The third-order valence-corrected chi connectivity index (χ3v) is 3.94. The van der Waals surface area contributed by atoms with Crippen molar-refractivity contribution in [3.05, 3.63) is 29.8 Å². The lowest BCUT2D eigenvalue weighted by atomic mass is 10.2. The molecule has 1 aliphatic rings. The highest BCUT2D eigenvalue weighted by Gasteiger charge is 2.16. The maximum absolute atomic E-state index is 2.48. The Bertz CT molecular complexity index is 316. The third kappa shape index (κ3) is 4.54. The van der Waals surface area contributed by atoms with Crippen molar-refractivity contribution in [2.24, 2.45) is 0 Å². The van der Waals surface area contributed by atoms with Crippen LogP contribution in [0.1, 0.15) is 26.3 Å². The Kier molecular flexibility index (Phi) is 7.21. The Morgan fingerprint density at radius 3 is 2.06 bits per heavy atom. The minimum absolute atomic E-state index is 1.15. The van der Waals surface area contributed by atoms with Crippen LogP contribution < -0.4 is 4.90 Å². The van der Waals surface area contributed by atoms with Gasteiger partial charge in [0.25, 0.3) is 0 Å². The molecule has 1 aromatic rings. The summed E-state index contributed by atoms with van der Waals surface area (Å²) in [6, 6.07) is 8.86. The molecule has 3 heteroatoms. The smallest absolute Gasteiger partial charge is 0.0367 e. The molecule has 0 saturated carbocycles. The molecule has 0 aliphatic carbocycles. The van der Waals surface area contributed by atoms with E-state index in [2.05, 4.69) is 47.3 Å². The van der Waals surface area contributed by atoms with E-state index in [4.69, 9.17) is 0 Å². The summed E-state index contributed by atoms with van der Waals surface area (Å²) >= 11 is 1.96. The van der Waals surface area contributed by atoms with Crippen LogP contribution in [0.3, 0.4) is 0 Å². The topological polar surface area (TPSA) is 6.48 Å². The molecule has 0 aromatic heterocycles. The molecule has 1 heterocycles. The fourth-order valence-electron chi connectivity index (χ4n) is 2.01. The van der Waals surface area contributed by atoms with Crippen molar-refractivity contribution in [3.63, 3.8) is 0 Å². The average molecular weight is 266 g/mol. The molecule has 0 spiro atoms. The zero-order chi connectivity index (χ0) is 13.4. The van der Waals surface area contributed by atoms with Gasteiger partial charge in [-0.1, -0.05) is 50.4 Å². The van der Waals surface area contributed by atoms with Crippen LogP contribution in [0.15, 0.2) is 24.3 Å². The zero-order valence-electron chi connectivity index (χ0n) is 12.1. The van der Waals surface area contributed by atoms with E-state index in [1.165, 1.54) is 30.1 Å². The minimum atomic E-state index is 1.15. The first-order valence-corrected chi connectivity index (χ1v) is 7.93. The summed E-state index contributed by atoms with van der Waals surface area (Å²) in [6.45, 7) is 13.0. The van der Waals surface area contributed by atoms with Gasteiger partial charge in [0.1, 0.15) is 0 Å². The molecule has 0 atom stereocenters. The van der Waals surface area contributed by atoms with Gasteiger partial charge in [0, 0.05) is 37.6 Å². The van der Waals surface area contributed by atoms with Crippen molar-refractivity contribution in [2.75, 3.05) is 36.8 Å². The van der Waals surface area contributed by atoms with E-state index in [-0.39, 0.29) is 0 Å². The van der Waals surface area contributed by atoms with Gasteiger partial charge in [0.05, 0.1) is 0 Å². The van der Waals surface area contributed by atoms with Gasteiger partial charge in [-0.3, -0.25) is 0 Å². The molecule has 0 amide bonds. The number of benzene rings is 1. The number of anilines is 1. The van der Waals surface area contributed by atoms with E-state index < -0.39 is 0 Å². The van der Waals surface area contributed by atoms with Gasteiger partial charge in [-0.25, -0.2) is 4.31 Å². The van der Waals surface area contributed by atoms with E-state index >= 15 is 0 Å². The second kappa shape index (κ2) is 8.44. The molecule has 1 aromatic carbocycles. The van der Waals surface area contributed by atoms with Crippen molar-refractivity contribution in [2.45, 2.75) is 27.7 Å². The summed E-state index contributed by atoms with van der Waals surface area (Å²) in [7, 11) is 0. The minimum Gasteiger partial charge on any atom is -0.369 e. The predicted molar refractivity (Wildman–Crippen MR) is 84.4 cm³/mol. The van der Waals surface area contributed by atoms with E-state index in [0.29, 0.717) is 0 Å². The molecule has 1 aliphatic heterocycles. The summed E-state index contributed by atoms with van der Waals surface area (Å²) in [5.74, 6) is 1.19. The summed E-state index contributed by atoms with van der Waals surface area (Å²) < 4.78 is 2.48. The van der Waals surface area contributed by atoms with Gasteiger partial charge in [0.2, 0.25) is 0 Å². The quantitative estimate of drug-likeness (QED) is 0.768. The summed E-state index contributed by atoms with van der Waals surface area (Å²) in [5, 5.41) is 0. The summed E-state index contributed by atoms with van der Waals surface area (Å²) in [4.78, 5) is 2.48. The van der Waals surface area contributed by atoms with Crippen molar-refractivity contribution in [1.82, 2.24) is 4.31 Å². The maximum Gasteiger partial charge on any atom is 0.0367 e. The fourth-order valence-corrected chi connectivity index (χ4v) is 2.80. The Balaban J connectivity index is 0.000000771. The summed E-state index contributed by atoms with van der Waals surface area (Å²) in [6.07, 6.45) is 0. The highest BCUT2D eigenvalue weighted by Crippen LogP contribution is 2.19. The molecule has 102 valence electrons. The Labute approximate surface area is 116 Å². The van der Waals surface area contributed by atoms with Crippen LogP contribution in [0, 0.1) is 6.92 Å². The second-order valence-electron chi connectivity index (χ2n) is 4.17. The van der Waals surface area contributed by atoms with Crippen molar-refractivity contribution in [3.8, 4) is 0 Å². The van der Waals surface area contributed by atoms with Gasteiger partial charge < -0.3 is 4.90 Å². The molecular weight excluding hydrogens is 240 g/mol. The number of aryl methyl sites for hydroxylation is 1. The number of hydrogen-bond acceptors (Lipinski definition) is 3. The maximum atomic E-state index is 2.48. The molecular formula is C15H26N2S. The van der Waals surface area contributed by atoms with E-state index in [1.54, 1.807) is 0 Å².